The van der Waals surface area contributed by atoms with Crippen LogP contribution < -0.4 is 4.74 Å². The topological polar surface area (TPSA) is 88.2 Å². The first-order chi connectivity index (χ1) is 12.3. The van der Waals surface area contributed by atoms with Crippen molar-refractivity contribution >= 4 is 23.5 Å². The van der Waals surface area contributed by atoms with E-state index < -0.39 is 16.4 Å². The van der Waals surface area contributed by atoms with Crippen LogP contribution in [0.25, 0.3) is 0 Å². The van der Waals surface area contributed by atoms with Gasteiger partial charge in [0.05, 0.1) is 24.6 Å². The van der Waals surface area contributed by atoms with Crippen LogP contribution in [0.15, 0.2) is 41.4 Å². The maximum absolute atomic E-state index is 11.0. The maximum atomic E-state index is 11.0. The Kier molecular flexibility index (Phi) is 6.54. The van der Waals surface area contributed by atoms with Crippen LogP contribution in [0.3, 0.4) is 0 Å². The van der Waals surface area contributed by atoms with Crippen molar-refractivity contribution in [3.8, 4) is 11.5 Å². The SMILES string of the molecule is COc1cccc([C@H](CN=Cc2cc(Cl)cc([N+](=O)[O-])c2O)N(C)C)c1. The minimum absolute atomic E-state index is 0.0299. The van der Waals surface area contributed by atoms with E-state index in [1.807, 2.05) is 43.3 Å². The van der Waals surface area contributed by atoms with Crippen molar-refractivity contribution in [2.24, 2.45) is 4.99 Å². The second-order valence-corrected chi connectivity index (χ2v) is 6.31. The molecule has 0 aliphatic carbocycles. The summed E-state index contributed by atoms with van der Waals surface area (Å²) in [5.74, 6) is 0.298. The van der Waals surface area contributed by atoms with Gasteiger partial charge in [-0.15, -0.1) is 0 Å². The van der Waals surface area contributed by atoms with Gasteiger partial charge in [-0.05, 0) is 37.9 Å². The summed E-state index contributed by atoms with van der Waals surface area (Å²) in [6, 6.07) is 10.2. The molecule has 2 aromatic rings. The van der Waals surface area contributed by atoms with E-state index in [-0.39, 0.29) is 16.6 Å². The lowest BCUT2D eigenvalue weighted by molar-refractivity contribution is -0.385. The van der Waals surface area contributed by atoms with Crippen molar-refractivity contribution in [2.45, 2.75) is 6.04 Å². The lowest BCUT2D eigenvalue weighted by atomic mass is 10.1. The third kappa shape index (κ3) is 4.71. The number of benzene rings is 2. The molecule has 0 radical (unpaired) electrons. The van der Waals surface area contributed by atoms with Crippen molar-refractivity contribution < 1.29 is 14.8 Å². The molecule has 0 fully saturated rings. The standard InChI is InChI=1S/C18H20ClN3O4/c1-21(2)17(12-5-4-6-15(8-12)26-3)11-20-10-13-7-14(19)9-16(18(13)23)22(24)25/h4-10,17,23H,11H2,1-3H3/t17-/m0/s1. The molecule has 0 unspecified atom stereocenters. The highest BCUT2D eigenvalue weighted by Crippen LogP contribution is 2.32. The Hall–Kier alpha value is -2.64. The molecular weight excluding hydrogens is 358 g/mol. The van der Waals surface area contributed by atoms with Gasteiger partial charge in [-0.25, -0.2) is 0 Å². The van der Waals surface area contributed by atoms with Crippen molar-refractivity contribution in [3.05, 3.63) is 62.7 Å². The van der Waals surface area contributed by atoms with Crippen molar-refractivity contribution in [1.29, 1.82) is 0 Å². The number of nitrogens with zero attached hydrogens (tertiary/aromatic N) is 3. The molecule has 0 saturated carbocycles. The second kappa shape index (κ2) is 8.64. The summed E-state index contributed by atoms with van der Waals surface area (Å²) in [6.07, 6.45) is 1.39. The van der Waals surface area contributed by atoms with Crippen LogP contribution in [-0.4, -0.2) is 48.9 Å². The van der Waals surface area contributed by atoms with Crippen LogP contribution >= 0.6 is 11.6 Å². The Morgan fingerprint density at radius 3 is 2.73 bits per heavy atom. The van der Waals surface area contributed by atoms with Crippen molar-refractivity contribution in [2.75, 3.05) is 27.7 Å². The Morgan fingerprint density at radius 1 is 1.38 bits per heavy atom. The third-order valence-electron chi connectivity index (χ3n) is 3.89. The number of nitro benzene ring substituents is 1. The smallest absolute Gasteiger partial charge is 0.312 e. The summed E-state index contributed by atoms with van der Waals surface area (Å²) in [7, 11) is 5.47. The quantitative estimate of drug-likeness (QED) is 0.451. The molecule has 0 bridgehead atoms. The number of hydrogen-bond donors (Lipinski definition) is 1. The molecule has 0 spiro atoms. The normalized spacial score (nSPS) is 12.5. The number of halogens is 1. The molecule has 26 heavy (non-hydrogen) atoms. The molecule has 0 heterocycles. The van der Waals surface area contributed by atoms with E-state index >= 15 is 0 Å². The first kappa shape index (κ1) is 19.7. The van der Waals surface area contributed by atoms with Crippen LogP contribution in [0.1, 0.15) is 17.2 Å². The fourth-order valence-electron chi connectivity index (χ4n) is 2.51. The number of aromatic hydroxyl groups is 1. The number of rotatable bonds is 7. The number of nitro groups is 1. The molecule has 0 amide bonds. The van der Waals surface area contributed by atoms with Crippen LogP contribution in [-0.2, 0) is 0 Å². The summed E-state index contributed by atoms with van der Waals surface area (Å²) in [5, 5.41) is 21.2. The largest absolute Gasteiger partial charge is 0.502 e. The monoisotopic (exact) mass is 377 g/mol. The van der Waals surface area contributed by atoms with Gasteiger partial charge in [0.2, 0.25) is 5.75 Å². The molecule has 1 N–H and O–H groups in total. The summed E-state index contributed by atoms with van der Waals surface area (Å²) in [5.41, 5.74) is 0.774. The van der Waals surface area contributed by atoms with Gasteiger partial charge in [0, 0.05) is 22.9 Å². The maximum Gasteiger partial charge on any atom is 0.312 e. The molecule has 2 aromatic carbocycles. The number of phenolic OH excluding ortho intramolecular Hbond substituents is 1. The van der Waals surface area contributed by atoms with Gasteiger partial charge < -0.3 is 14.7 Å². The van der Waals surface area contributed by atoms with Gasteiger partial charge in [-0.3, -0.25) is 15.1 Å². The van der Waals surface area contributed by atoms with Crippen molar-refractivity contribution in [1.82, 2.24) is 4.90 Å². The molecule has 8 heteroatoms. The minimum Gasteiger partial charge on any atom is -0.502 e. The highest BCUT2D eigenvalue weighted by Gasteiger charge is 2.18. The van der Waals surface area contributed by atoms with Gasteiger partial charge in [0.1, 0.15) is 5.75 Å². The average molecular weight is 378 g/mol. The zero-order chi connectivity index (χ0) is 19.3. The molecule has 7 nitrogen and oxygen atoms in total. The number of methoxy groups -OCH3 is 1. The summed E-state index contributed by atoms with van der Waals surface area (Å²) in [4.78, 5) is 16.6. The predicted octanol–water partition coefficient (Wildman–Crippen LogP) is 3.68. The van der Waals surface area contributed by atoms with Crippen molar-refractivity contribution in [3.63, 3.8) is 0 Å². The number of hydrogen-bond acceptors (Lipinski definition) is 6. The summed E-state index contributed by atoms with van der Waals surface area (Å²) < 4.78 is 5.25. The summed E-state index contributed by atoms with van der Waals surface area (Å²) in [6.45, 7) is 0.389. The summed E-state index contributed by atoms with van der Waals surface area (Å²) >= 11 is 5.89. The molecule has 0 aliphatic rings. The number of aliphatic imine (C=N–C) groups is 1. The van der Waals surface area contributed by atoms with E-state index in [4.69, 9.17) is 16.3 Å². The molecule has 0 aromatic heterocycles. The highest BCUT2D eigenvalue weighted by molar-refractivity contribution is 6.31. The number of ether oxygens (including phenoxy) is 1. The number of phenols is 1. The molecule has 0 aliphatic heterocycles. The Labute approximate surface area is 156 Å². The average Bonchev–Trinajstić information content (AvgIpc) is 2.60. The predicted molar refractivity (Wildman–Crippen MR) is 102 cm³/mol. The van der Waals surface area contributed by atoms with Crippen LogP contribution in [0.2, 0.25) is 5.02 Å². The van der Waals surface area contributed by atoms with Crippen LogP contribution in [0.4, 0.5) is 5.69 Å². The first-order valence-electron chi connectivity index (χ1n) is 7.80. The van der Waals surface area contributed by atoms with E-state index in [0.29, 0.717) is 6.54 Å². The molecule has 0 saturated heterocycles. The van der Waals surface area contributed by atoms with Gasteiger partial charge in [-0.1, -0.05) is 23.7 Å². The van der Waals surface area contributed by atoms with Crippen LogP contribution in [0.5, 0.6) is 11.5 Å². The molecule has 138 valence electrons. The van der Waals surface area contributed by atoms with Gasteiger partial charge in [0.25, 0.3) is 0 Å². The fraction of sp³-hybridized carbons (Fsp3) is 0.278. The zero-order valence-corrected chi connectivity index (χ0v) is 15.5. The zero-order valence-electron chi connectivity index (χ0n) is 14.7. The minimum atomic E-state index is -0.683. The lowest BCUT2D eigenvalue weighted by Crippen LogP contribution is -2.22. The molecule has 2 rings (SSSR count). The van der Waals surface area contributed by atoms with E-state index in [0.717, 1.165) is 17.4 Å². The Balaban J connectivity index is 2.25. The highest BCUT2D eigenvalue weighted by atomic mass is 35.5. The Bertz CT molecular complexity index is 824. The van der Waals surface area contributed by atoms with E-state index in [1.54, 1.807) is 7.11 Å². The van der Waals surface area contributed by atoms with E-state index in [1.165, 1.54) is 12.3 Å². The Morgan fingerprint density at radius 2 is 2.12 bits per heavy atom. The van der Waals surface area contributed by atoms with Gasteiger partial charge in [0.15, 0.2) is 0 Å². The van der Waals surface area contributed by atoms with Gasteiger partial charge in [-0.2, -0.15) is 0 Å². The van der Waals surface area contributed by atoms with Crippen LogP contribution in [0, 0.1) is 10.1 Å². The fourth-order valence-corrected chi connectivity index (χ4v) is 2.73. The van der Waals surface area contributed by atoms with E-state index in [9.17, 15) is 15.2 Å². The van der Waals surface area contributed by atoms with Gasteiger partial charge >= 0.3 is 5.69 Å². The second-order valence-electron chi connectivity index (χ2n) is 5.87. The number of likely N-dealkylation sites (N-methyl/N-ethyl adjacent to an activating group) is 1. The molecule has 1 atom stereocenters. The lowest BCUT2D eigenvalue weighted by Gasteiger charge is -2.23. The molecular formula is C18H20ClN3O4. The van der Waals surface area contributed by atoms with E-state index in [2.05, 4.69) is 4.99 Å². The first-order valence-corrected chi connectivity index (χ1v) is 8.18. The third-order valence-corrected chi connectivity index (χ3v) is 4.11.